The monoisotopic (exact) mass is 298 g/mol. The Balaban J connectivity index is 1.98. The van der Waals surface area contributed by atoms with Gasteiger partial charge in [0.1, 0.15) is 6.61 Å². The Bertz CT molecular complexity index is 363. The van der Waals surface area contributed by atoms with Crippen molar-refractivity contribution in [3.8, 4) is 0 Å². The zero-order chi connectivity index (χ0) is 15.3. The van der Waals surface area contributed by atoms with Crippen LogP contribution in [0.2, 0.25) is 0 Å². The third-order valence-corrected chi connectivity index (χ3v) is 5.74. The second-order valence-electron chi connectivity index (χ2n) is 6.95. The number of hydrogen-bond acceptors (Lipinski definition) is 5. The second kappa shape index (κ2) is 7.07. The minimum Gasteiger partial charge on any atom is -0.396 e. The van der Waals surface area contributed by atoms with Crippen LogP contribution in [0.3, 0.4) is 0 Å². The third-order valence-electron chi connectivity index (χ3n) is 5.74. The lowest BCUT2D eigenvalue weighted by Gasteiger charge is -2.48. The smallest absolute Gasteiger partial charge is 0.129 e. The predicted molar refractivity (Wildman–Crippen MR) is 82.9 cm³/mol. The van der Waals surface area contributed by atoms with Crippen LogP contribution in [-0.4, -0.2) is 41.8 Å². The maximum Gasteiger partial charge on any atom is 0.129 e. The number of oxime groups is 1. The zero-order valence-corrected chi connectivity index (χ0v) is 13.1. The summed E-state index contributed by atoms with van der Waals surface area (Å²) in [5.74, 6) is 0.818. The summed E-state index contributed by atoms with van der Waals surface area (Å²) in [7, 11) is 0. The minimum absolute atomic E-state index is 0.0989. The van der Waals surface area contributed by atoms with Gasteiger partial charge in [-0.2, -0.15) is 0 Å². The SMILES string of the molecule is CC12CCC(CCCO)CC1(O)CCC2C=NOCCN. The number of rotatable bonds is 7. The van der Waals surface area contributed by atoms with Crippen LogP contribution in [0.15, 0.2) is 5.16 Å². The second-order valence-corrected chi connectivity index (χ2v) is 6.95. The molecule has 0 aromatic rings. The molecule has 0 aromatic heterocycles. The molecule has 2 aliphatic carbocycles. The van der Waals surface area contributed by atoms with Crippen molar-refractivity contribution in [1.82, 2.24) is 0 Å². The van der Waals surface area contributed by atoms with E-state index in [9.17, 15) is 5.11 Å². The molecule has 0 radical (unpaired) electrons. The average Bonchev–Trinajstić information content (AvgIpc) is 2.73. The van der Waals surface area contributed by atoms with E-state index in [2.05, 4.69) is 12.1 Å². The number of nitrogens with zero attached hydrogens (tertiary/aromatic N) is 1. The average molecular weight is 298 g/mol. The third kappa shape index (κ3) is 3.41. The van der Waals surface area contributed by atoms with Crippen molar-refractivity contribution in [1.29, 1.82) is 0 Å². The van der Waals surface area contributed by atoms with E-state index in [4.69, 9.17) is 15.7 Å². The van der Waals surface area contributed by atoms with Gasteiger partial charge < -0.3 is 20.8 Å². The van der Waals surface area contributed by atoms with Gasteiger partial charge in [-0.25, -0.2) is 0 Å². The van der Waals surface area contributed by atoms with E-state index in [1.54, 1.807) is 0 Å². The van der Waals surface area contributed by atoms with E-state index in [0.29, 0.717) is 19.1 Å². The lowest BCUT2D eigenvalue weighted by atomic mass is 9.60. The predicted octanol–water partition coefficient (Wildman–Crippen LogP) is 1.67. The lowest BCUT2D eigenvalue weighted by Crippen LogP contribution is -2.50. The molecule has 2 rings (SSSR count). The van der Waals surface area contributed by atoms with Crippen molar-refractivity contribution in [3.63, 3.8) is 0 Å². The van der Waals surface area contributed by atoms with Gasteiger partial charge in [-0.3, -0.25) is 0 Å². The molecule has 5 heteroatoms. The Labute approximate surface area is 127 Å². The fourth-order valence-corrected chi connectivity index (χ4v) is 4.27. The molecule has 5 nitrogen and oxygen atoms in total. The standard InChI is InChI=1S/C16H30N2O3/c1-15-6-4-13(3-2-9-19)11-16(15,20)7-5-14(15)12-18-21-10-8-17/h12-14,19-20H,2-11,17H2,1H3. The molecule has 0 bridgehead atoms. The molecule has 4 N–H and O–H groups in total. The normalized spacial score (nSPS) is 39.6. The molecule has 4 atom stereocenters. The highest BCUT2D eigenvalue weighted by molar-refractivity contribution is 5.62. The van der Waals surface area contributed by atoms with Gasteiger partial charge in [-0.15, -0.1) is 0 Å². The number of fused-ring (bicyclic) bond motifs is 1. The fourth-order valence-electron chi connectivity index (χ4n) is 4.27. The van der Waals surface area contributed by atoms with Crippen LogP contribution in [-0.2, 0) is 4.84 Å². The van der Waals surface area contributed by atoms with E-state index < -0.39 is 5.60 Å². The van der Waals surface area contributed by atoms with Crippen molar-refractivity contribution >= 4 is 6.21 Å². The summed E-state index contributed by atoms with van der Waals surface area (Å²) in [5.41, 5.74) is 4.69. The highest BCUT2D eigenvalue weighted by atomic mass is 16.6. The van der Waals surface area contributed by atoms with Crippen LogP contribution in [0.4, 0.5) is 0 Å². The van der Waals surface area contributed by atoms with Gasteiger partial charge in [-0.05, 0) is 50.9 Å². The highest BCUT2D eigenvalue weighted by Crippen LogP contribution is 2.59. The molecule has 4 unspecified atom stereocenters. The quantitative estimate of drug-likeness (QED) is 0.379. The van der Waals surface area contributed by atoms with E-state index in [-0.39, 0.29) is 17.9 Å². The highest BCUT2D eigenvalue weighted by Gasteiger charge is 2.58. The molecule has 0 amide bonds. The first kappa shape index (κ1) is 16.7. The Morgan fingerprint density at radius 1 is 1.38 bits per heavy atom. The van der Waals surface area contributed by atoms with Gasteiger partial charge in [0.05, 0.1) is 5.60 Å². The molecule has 2 saturated carbocycles. The molecule has 122 valence electrons. The van der Waals surface area contributed by atoms with Gasteiger partial charge in [-0.1, -0.05) is 12.1 Å². The Hall–Kier alpha value is -0.650. The zero-order valence-electron chi connectivity index (χ0n) is 13.1. The molecule has 0 spiro atoms. The molecule has 0 aromatic carbocycles. The summed E-state index contributed by atoms with van der Waals surface area (Å²) >= 11 is 0. The van der Waals surface area contributed by atoms with Gasteiger partial charge in [0.25, 0.3) is 0 Å². The van der Waals surface area contributed by atoms with Crippen molar-refractivity contribution in [2.75, 3.05) is 19.8 Å². The molecule has 2 aliphatic rings. The summed E-state index contributed by atoms with van der Waals surface area (Å²) in [6, 6.07) is 0. The van der Waals surface area contributed by atoms with Gasteiger partial charge in [0, 0.05) is 30.7 Å². The van der Waals surface area contributed by atoms with Crippen molar-refractivity contribution in [3.05, 3.63) is 0 Å². The molecule has 0 saturated heterocycles. The lowest BCUT2D eigenvalue weighted by molar-refractivity contribution is -0.107. The Morgan fingerprint density at radius 2 is 2.19 bits per heavy atom. The number of nitrogens with two attached hydrogens (primary N) is 1. The summed E-state index contributed by atoms with van der Waals surface area (Å²) in [6.07, 6.45) is 8.56. The maximum atomic E-state index is 11.1. The molecule has 2 fully saturated rings. The van der Waals surface area contributed by atoms with Crippen LogP contribution in [0.1, 0.15) is 51.9 Å². The summed E-state index contributed by atoms with van der Waals surface area (Å²) in [5, 5.41) is 24.1. The van der Waals surface area contributed by atoms with Crippen LogP contribution in [0.5, 0.6) is 0 Å². The number of hydrogen-bond donors (Lipinski definition) is 3. The molecule has 0 aliphatic heterocycles. The summed E-state index contributed by atoms with van der Waals surface area (Å²) in [6.45, 7) is 3.35. The van der Waals surface area contributed by atoms with Gasteiger partial charge >= 0.3 is 0 Å². The van der Waals surface area contributed by atoms with E-state index >= 15 is 0 Å². The summed E-state index contributed by atoms with van der Waals surface area (Å²) in [4.78, 5) is 5.11. The van der Waals surface area contributed by atoms with E-state index in [1.165, 1.54) is 0 Å². The van der Waals surface area contributed by atoms with Crippen LogP contribution in [0, 0.1) is 17.3 Å². The van der Waals surface area contributed by atoms with Crippen LogP contribution < -0.4 is 5.73 Å². The van der Waals surface area contributed by atoms with Crippen molar-refractivity contribution < 1.29 is 15.1 Å². The molecular formula is C16H30N2O3. The van der Waals surface area contributed by atoms with Gasteiger partial charge in [0.2, 0.25) is 0 Å². The van der Waals surface area contributed by atoms with Gasteiger partial charge in [0.15, 0.2) is 0 Å². The first-order valence-electron chi connectivity index (χ1n) is 8.24. The first-order valence-corrected chi connectivity index (χ1v) is 8.24. The summed E-state index contributed by atoms with van der Waals surface area (Å²) < 4.78 is 0. The largest absolute Gasteiger partial charge is 0.396 e. The van der Waals surface area contributed by atoms with E-state index in [0.717, 1.165) is 44.9 Å². The number of aliphatic hydroxyl groups is 2. The maximum absolute atomic E-state index is 11.1. The minimum atomic E-state index is -0.587. The van der Waals surface area contributed by atoms with Crippen molar-refractivity contribution in [2.45, 2.75) is 57.5 Å². The topological polar surface area (TPSA) is 88.1 Å². The fraction of sp³-hybridized carbons (Fsp3) is 0.938. The van der Waals surface area contributed by atoms with E-state index in [1.807, 2.05) is 6.21 Å². The van der Waals surface area contributed by atoms with Crippen molar-refractivity contribution in [2.24, 2.45) is 28.1 Å². The molecule has 21 heavy (non-hydrogen) atoms. The molecule has 0 heterocycles. The number of aliphatic hydroxyl groups excluding tert-OH is 1. The Morgan fingerprint density at radius 3 is 2.90 bits per heavy atom. The van der Waals surface area contributed by atoms with Crippen LogP contribution in [0.25, 0.3) is 0 Å². The Kier molecular flexibility index (Phi) is 5.63. The van der Waals surface area contributed by atoms with Crippen LogP contribution >= 0.6 is 0 Å². The first-order chi connectivity index (χ1) is 10.1. The molecular weight excluding hydrogens is 268 g/mol.